The second-order valence-electron chi connectivity index (χ2n) is 4.62. The van der Waals surface area contributed by atoms with Crippen LogP contribution in [0.1, 0.15) is 28.5 Å². The van der Waals surface area contributed by atoms with Gasteiger partial charge >= 0.3 is 0 Å². The van der Waals surface area contributed by atoms with Crippen LogP contribution in [-0.4, -0.2) is 0 Å². The standard InChI is InChI=1S/C15H19NS/c1-5-12-8-13(15(16)17-12)14-10(3)6-9(2)7-11(14)4/h6-8H,5,16H2,1-4H3. The first-order valence-electron chi connectivity index (χ1n) is 5.99. The van der Waals surface area contributed by atoms with Crippen LogP contribution in [0.25, 0.3) is 11.1 Å². The van der Waals surface area contributed by atoms with Crippen molar-refractivity contribution in [1.82, 2.24) is 0 Å². The van der Waals surface area contributed by atoms with E-state index in [-0.39, 0.29) is 0 Å². The molecule has 0 spiro atoms. The Morgan fingerprint density at radius 2 is 1.65 bits per heavy atom. The third-order valence-corrected chi connectivity index (χ3v) is 4.22. The fraction of sp³-hybridized carbons (Fsp3) is 0.333. The molecular weight excluding hydrogens is 226 g/mol. The van der Waals surface area contributed by atoms with Crippen molar-refractivity contribution in [3.8, 4) is 11.1 Å². The van der Waals surface area contributed by atoms with Gasteiger partial charge in [0.15, 0.2) is 0 Å². The second kappa shape index (κ2) is 4.53. The van der Waals surface area contributed by atoms with Gasteiger partial charge in [-0.1, -0.05) is 24.6 Å². The molecule has 2 heteroatoms. The van der Waals surface area contributed by atoms with Crippen LogP contribution in [0.2, 0.25) is 0 Å². The van der Waals surface area contributed by atoms with Crippen molar-refractivity contribution in [2.45, 2.75) is 34.1 Å². The van der Waals surface area contributed by atoms with Crippen molar-refractivity contribution in [2.75, 3.05) is 5.73 Å². The molecule has 0 aliphatic rings. The molecule has 0 saturated carbocycles. The van der Waals surface area contributed by atoms with Gasteiger partial charge in [-0.15, -0.1) is 11.3 Å². The highest BCUT2D eigenvalue weighted by Crippen LogP contribution is 2.38. The maximum atomic E-state index is 6.14. The minimum atomic E-state index is 0.942. The van der Waals surface area contributed by atoms with Gasteiger partial charge in [-0.3, -0.25) is 0 Å². The fourth-order valence-corrected chi connectivity index (χ4v) is 3.31. The summed E-state index contributed by atoms with van der Waals surface area (Å²) < 4.78 is 0. The summed E-state index contributed by atoms with van der Waals surface area (Å²) in [7, 11) is 0. The van der Waals surface area contributed by atoms with E-state index < -0.39 is 0 Å². The highest BCUT2D eigenvalue weighted by Gasteiger charge is 2.12. The van der Waals surface area contributed by atoms with Gasteiger partial charge in [-0.2, -0.15) is 0 Å². The van der Waals surface area contributed by atoms with Crippen molar-refractivity contribution < 1.29 is 0 Å². The van der Waals surface area contributed by atoms with Gasteiger partial charge in [-0.25, -0.2) is 0 Å². The van der Waals surface area contributed by atoms with E-state index in [0.29, 0.717) is 0 Å². The van der Waals surface area contributed by atoms with Crippen LogP contribution in [0.5, 0.6) is 0 Å². The predicted octanol–water partition coefficient (Wildman–Crippen LogP) is 4.48. The molecule has 0 amide bonds. The molecule has 0 bridgehead atoms. The van der Waals surface area contributed by atoms with Crippen LogP contribution in [0.4, 0.5) is 5.00 Å². The van der Waals surface area contributed by atoms with E-state index in [4.69, 9.17) is 5.73 Å². The lowest BCUT2D eigenvalue weighted by Gasteiger charge is -2.10. The first kappa shape index (κ1) is 12.2. The lowest BCUT2D eigenvalue weighted by molar-refractivity contribution is 1.19. The van der Waals surface area contributed by atoms with Gasteiger partial charge in [0, 0.05) is 10.4 Å². The molecule has 0 fully saturated rings. The maximum absolute atomic E-state index is 6.14. The van der Waals surface area contributed by atoms with E-state index in [0.717, 1.165) is 11.4 Å². The second-order valence-corrected chi connectivity index (χ2v) is 5.79. The normalized spacial score (nSPS) is 10.8. The molecule has 90 valence electrons. The summed E-state index contributed by atoms with van der Waals surface area (Å²) in [5.74, 6) is 0. The minimum absolute atomic E-state index is 0.942. The molecule has 2 rings (SSSR count). The number of thiophene rings is 1. The SMILES string of the molecule is CCc1cc(-c2c(C)cc(C)cc2C)c(N)s1. The van der Waals surface area contributed by atoms with Crippen LogP contribution in [-0.2, 0) is 6.42 Å². The first-order chi connectivity index (χ1) is 8.02. The zero-order valence-corrected chi connectivity index (χ0v) is 11.7. The molecule has 1 heterocycles. The number of nitrogens with two attached hydrogens (primary N) is 1. The Hall–Kier alpha value is -1.28. The van der Waals surface area contributed by atoms with Gasteiger partial charge < -0.3 is 5.73 Å². The van der Waals surface area contributed by atoms with E-state index in [1.165, 1.54) is 32.7 Å². The lowest BCUT2D eigenvalue weighted by Crippen LogP contribution is -1.91. The van der Waals surface area contributed by atoms with E-state index in [1.807, 2.05) is 0 Å². The van der Waals surface area contributed by atoms with Crippen molar-refractivity contribution in [3.05, 3.63) is 39.8 Å². The quantitative estimate of drug-likeness (QED) is 0.829. The van der Waals surface area contributed by atoms with Crippen LogP contribution in [0.3, 0.4) is 0 Å². The summed E-state index contributed by atoms with van der Waals surface area (Å²) in [6, 6.07) is 6.70. The Morgan fingerprint density at radius 1 is 1.06 bits per heavy atom. The number of benzene rings is 1. The number of hydrogen-bond donors (Lipinski definition) is 1. The van der Waals surface area contributed by atoms with E-state index in [1.54, 1.807) is 11.3 Å². The highest BCUT2D eigenvalue weighted by atomic mass is 32.1. The maximum Gasteiger partial charge on any atom is 0.0939 e. The molecule has 0 saturated heterocycles. The summed E-state index contributed by atoms with van der Waals surface area (Å²) in [5, 5.41) is 0.942. The molecule has 2 N–H and O–H groups in total. The van der Waals surface area contributed by atoms with Gasteiger partial charge in [0.05, 0.1) is 5.00 Å². The first-order valence-corrected chi connectivity index (χ1v) is 6.81. The summed E-state index contributed by atoms with van der Waals surface area (Å²) >= 11 is 1.71. The van der Waals surface area contributed by atoms with Crippen LogP contribution >= 0.6 is 11.3 Å². The molecule has 1 aromatic carbocycles. The molecule has 2 aromatic rings. The Labute approximate surface area is 107 Å². The minimum Gasteiger partial charge on any atom is -0.390 e. The Morgan fingerprint density at radius 3 is 2.12 bits per heavy atom. The van der Waals surface area contributed by atoms with E-state index in [9.17, 15) is 0 Å². The molecular formula is C15H19NS. The van der Waals surface area contributed by atoms with Gasteiger partial charge in [-0.05, 0) is 49.9 Å². The van der Waals surface area contributed by atoms with E-state index >= 15 is 0 Å². The monoisotopic (exact) mass is 245 g/mol. The smallest absolute Gasteiger partial charge is 0.0939 e. The van der Waals surface area contributed by atoms with Crippen LogP contribution < -0.4 is 5.73 Å². The lowest BCUT2D eigenvalue weighted by atomic mass is 9.95. The molecule has 17 heavy (non-hydrogen) atoms. The molecule has 0 aliphatic carbocycles. The number of anilines is 1. The van der Waals surface area contributed by atoms with Gasteiger partial charge in [0.1, 0.15) is 0 Å². The Bertz CT molecular complexity index is 529. The van der Waals surface area contributed by atoms with Crippen LogP contribution in [0, 0.1) is 20.8 Å². The van der Waals surface area contributed by atoms with E-state index in [2.05, 4.69) is 45.9 Å². The van der Waals surface area contributed by atoms with Crippen LogP contribution in [0.15, 0.2) is 18.2 Å². The molecule has 1 nitrogen and oxygen atoms in total. The third-order valence-electron chi connectivity index (χ3n) is 3.11. The molecule has 0 unspecified atom stereocenters. The van der Waals surface area contributed by atoms with Gasteiger partial charge in [0.2, 0.25) is 0 Å². The molecule has 0 aliphatic heterocycles. The van der Waals surface area contributed by atoms with Gasteiger partial charge in [0.25, 0.3) is 0 Å². The average molecular weight is 245 g/mol. The largest absolute Gasteiger partial charge is 0.390 e. The molecule has 0 atom stereocenters. The molecule has 1 aromatic heterocycles. The predicted molar refractivity (Wildman–Crippen MR) is 77.8 cm³/mol. The Kier molecular flexibility index (Phi) is 3.25. The zero-order chi connectivity index (χ0) is 12.6. The number of nitrogen functional groups attached to an aromatic ring is 1. The van der Waals surface area contributed by atoms with Crippen molar-refractivity contribution in [3.63, 3.8) is 0 Å². The summed E-state index contributed by atoms with van der Waals surface area (Å²) in [6.07, 6.45) is 1.05. The number of hydrogen-bond acceptors (Lipinski definition) is 2. The molecule has 0 radical (unpaired) electrons. The number of rotatable bonds is 2. The summed E-state index contributed by atoms with van der Waals surface area (Å²) in [6.45, 7) is 8.64. The fourth-order valence-electron chi connectivity index (χ4n) is 2.43. The number of aryl methyl sites for hydroxylation is 4. The summed E-state index contributed by atoms with van der Waals surface area (Å²) in [4.78, 5) is 1.36. The zero-order valence-electron chi connectivity index (χ0n) is 10.9. The topological polar surface area (TPSA) is 26.0 Å². The summed E-state index contributed by atoms with van der Waals surface area (Å²) in [5.41, 5.74) is 12.6. The highest BCUT2D eigenvalue weighted by molar-refractivity contribution is 7.16. The average Bonchev–Trinajstić information content (AvgIpc) is 2.59. The third kappa shape index (κ3) is 2.22. The van der Waals surface area contributed by atoms with Crippen molar-refractivity contribution in [2.24, 2.45) is 0 Å². The Balaban J connectivity index is 2.63. The van der Waals surface area contributed by atoms with Crippen molar-refractivity contribution in [1.29, 1.82) is 0 Å². The van der Waals surface area contributed by atoms with Crippen molar-refractivity contribution >= 4 is 16.3 Å².